The SMILES string of the molecule is C[C@H](NC(=O)N(CCO)CCc1ccc(-c2ccccc2)cc1)C(=O)[O-]. The fraction of sp³-hybridized carbons (Fsp3) is 0.300. The van der Waals surface area contributed by atoms with Crippen LogP contribution in [0.4, 0.5) is 4.79 Å². The van der Waals surface area contributed by atoms with Crippen LogP contribution in [0.1, 0.15) is 12.5 Å². The Bertz CT molecular complexity index is 716. The Kier molecular flexibility index (Phi) is 7.17. The Morgan fingerprint density at radius 1 is 1.04 bits per heavy atom. The number of benzene rings is 2. The number of carboxylic acids is 1. The number of urea groups is 1. The highest BCUT2D eigenvalue weighted by molar-refractivity contribution is 5.81. The zero-order valence-electron chi connectivity index (χ0n) is 14.7. The van der Waals surface area contributed by atoms with Crippen molar-refractivity contribution in [2.45, 2.75) is 19.4 Å². The zero-order chi connectivity index (χ0) is 18.9. The van der Waals surface area contributed by atoms with Crippen molar-refractivity contribution < 1.29 is 19.8 Å². The molecule has 2 aromatic carbocycles. The molecule has 1 atom stereocenters. The average Bonchev–Trinajstić information content (AvgIpc) is 2.66. The molecule has 0 bridgehead atoms. The van der Waals surface area contributed by atoms with Gasteiger partial charge in [-0.3, -0.25) is 0 Å². The third-order valence-corrected chi connectivity index (χ3v) is 4.08. The molecule has 26 heavy (non-hydrogen) atoms. The normalized spacial score (nSPS) is 11.6. The summed E-state index contributed by atoms with van der Waals surface area (Å²) in [5.74, 6) is -1.35. The fourth-order valence-electron chi connectivity index (χ4n) is 2.53. The summed E-state index contributed by atoms with van der Waals surface area (Å²) in [4.78, 5) is 24.3. The maximum absolute atomic E-state index is 12.1. The van der Waals surface area contributed by atoms with Crippen LogP contribution in [0.2, 0.25) is 0 Å². The van der Waals surface area contributed by atoms with Gasteiger partial charge in [0, 0.05) is 13.1 Å². The van der Waals surface area contributed by atoms with Crippen molar-refractivity contribution in [3.8, 4) is 11.1 Å². The van der Waals surface area contributed by atoms with Gasteiger partial charge in [0.2, 0.25) is 0 Å². The zero-order valence-corrected chi connectivity index (χ0v) is 14.7. The van der Waals surface area contributed by atoms with Crippen LogP contribution in [0, 0.1) is 0 Å². The first-order valence-corrected chi connectivity index (χ1v) is 8.52. The average molecular weight is 355 g/mol. The second-order valence-electron chi connectivity index (χ2n) is 6.01. The molecule has 0 spiro atoms. The lowest BCUT2D eigenvalue weighted by Gasteiger charge is -2.25. The molecule has 2 amide bonds. The first-order valence-electron chi connectivity index (χ1n) is 8.52. The van der Waals surface area contributed by atoms with Crippen LogP contribution in [0.15, 0.2) is 54.6 Å². The van der Waals surface area contributed by atoms with Gasteiger partial charge in [-0.25, -0.2) is 4.79 Å². The van der Waals surface area contributed by atoms with E-state index in [1.807, 2.05) is 54.6 Å². The third kappa shape index (κ3) is 5.60. The summed E-state index contributed by atoms with van der Waals surface area (Å²) < 4.78 is 0. The Balaban J connectivity index is 1.96. The van der Waals surface area contributed by atoms with Crippen molar-refractivity contribution >= 4 is 12.0 Å². The number of nitrogens with one attached hydrogen (secondary N) is 1. The molecule has 0 saturated carbocycles. The van der Waals surface area contributed by atoms with Crippen molar-refractivity contribution in [3.63, 3.8) is 0 Å². The molecular formula is C20H23N2O4-. The van der Waals surface area contributed by atoms with Gasteiger partial charge in [-0.2, -0.15) is 0 Å². The molecule has 0 aliphatic heterocycles. The lowest BCUT2D eigenvalue weighted by Crippen LogP contribution is -2.51. The molecule has 2 rings (SSSR count). The molecule has 0 heterocycles. The monoisotopic (exact) mass is 355 g/mol. The van der Waals surface area contributed by atoms with Gasteiger partial charge in [-0.05, 0) is 30.0 Å². The molecule has 138 valence electrons. The fourth-order valence-corrected chi connectivity index (χ4v) is 2.53. The van der Waals surface area contributed by atoms with E-state index in [1.165, 1.54) is 11.8 Å². The highest BCUT2D eigenvalue weighted by atomic mass is 16.4. The van der Waals surface area contributed by atoms with E-state index in [1.54, 1.807) is 0 Å². The summed E-state index contributed by atoms with van der Waals surface area (Å²) in [5, 5.41) is 22.2. The minimum absolute atomic E-state index is 0.133. The molecule has 0 radical (unpaired) electrons. The van der Waals surface area contributed by atoms with Crippen LogP contribution in [0.5, 0.6) is 0 Å². The largest absolute Gasteiger partial charge is 0.548 e. The summed E-state index contributed by atoms with van der Waals surface area (Å²) in [5.41, 5.74) is 3.30. The molecule has 2 N–H and O–H groups in total. The summed E-state index contributed by atoms with van der Waals surface area (Å²) in [6.45, 7) is 1.65. The number of amides is 2. The van der Waals surface area contributed by atoms with Crippen molar-refractivity contribution in [1.82, 2.24) is 10.2 Å². The second kappa shape index (κ2) is 9.58. The minimum atomic E-state index is -1.35. The van der Waals surface area contributed by atoms with E-state index in [0.717, 1.165) is 16.7 Å². The van der Waals surface area contributed by atoms with Gasteiger partial charge in [0.25, 0.3) is 0 Å². The van der Waals surface area contributed by atoms with Crippen LogP contribution >= 0.6 is 0 Å². The van der Waals surface area contributed by atoms with Crippen molar-refractivity contribution in [2.24, 2.45) is 0 Å². The molecule has 0 aliphatic rings. The van der Waals surface area contributed by atoms with E-state index >= 15 is 0 Å². The van der Waals surface area contributed by atoms with Crippen LogP contribution < -0.4 is 10.4 Å². The molecule has 6 nitrogen and oxygen atoms in total. The van der Waals surface area contributed by atoms with Gasteiger partial charge in [-0.15, -0.1) is 0 Å². The number of nitrogens with zero attached hydrogens (tertiary/aromatic N) is 1. The number of aliphatic hydroxyl groups excluding tert-OH is 1. The maximum atomic E-state index is 12.1. The summed E-state index contributed by atoms with van der Waals surface area (Å²) in [7, 11) is 0. The standard InChI is InChI=1S/C20H24N2O4/c1-15(19(24)25)21-20(26)22(13-14-23)12-11-16-7-9-18(10-8-16)17-5-3-2-4-6-17/h2-10,15,23H,11-14H2,1H3,(H,21,26)(H,24,25)/p-1/t15-/m0/s1. The highest BCUT2D eigenvalue weighted by Gasteiger charge is 2.15. The van der Waals surface area contributed by atoms with Crippen molar-refractivity contribution in [3.05, 3.63) is 60.2 Å². The number of hydrogen-bond donors (Lipinski definition) is 2. The van der Waals surface area contributed by atoms with E-state index < -0.39 is 18.0 Å². The number of aliphatic hydroxyl groups is 1. The van der Waals surface area contributed by atoms with Crippen LogP contribution in [-0.2, 0) is 11.2 Å². The third-order valence-electron chi connectivity index (χ3n) is 4.08. The van der Waals surface area contributed by atoms with E-state index in [9.17, 15) is 14.7 Å². The number of carboxylic acid groups (broad SMARTS) is 1. The molecule has 2 aromatic rings. The quantitative estimate of drug-likeness (QED) is 0.740. The minimum Gasteiger partial charge on any atom is -0.548 e. The number of hydrogen-bond acceptors (Lipinski definition) is 4. The summed E-state index contributed by atoms with van der Waals surface area (Å²) >= 11 is 0. The molecule has 6 heteroatoms. The van der Waals surface area contributed by atoms with Gasteiger partial charge in [-0.1, -0.05) is 54.6 Å². The predicted octanol–water partition coefficient (Wildman–Crippen LogP) is 1.04. The van der Waals surface area contributed by atoms with Gasteiger partial charge < -0.3 is 25.2 Å². The number of aliphatic carboxylic acids is 1. The van der Waals surface area contributed by atoms with Crippen LogP contribution in [0.3, 0.4) is 0 Å². The van der Waals surface area contributed by atoms with Crippen LogP contribution in [-0.4, -0.2) is 47.7 Å². The summed E-state index contributed by atoms with van der Waals surface area (Å²) in [6.07, 6.45) is 0.599. The lowest BCUT2D eigenvalue weighted by atomic mass is 10.0. The van der Waals surface area contributed by atoms with E-state index in [0.29, 0.717) is 13.0 Å². The first kappa shape index (κ1) is 19.5. The topological polar surface area (TPSA) is 92.7 Å². The van der Waals surface area contributed by atoms with Gasteiger partial charge in [0.05, 0.1) is 18.6 Å². The van der Waals surface area contributed by atoms with E-state index in [-0.39, 0.29) is 13.2 Å². The number of rotatable bonds is 8. The highest BCUT2D eigenvalue weighted by Crippen LogP contribution is 2.19. The molecular weight excluding hydrogens is 332 g/mol. The Morgan fingerprint density at radius 2 is 1.65 bits per heavy atom. The Morgan fingerprint density at radius 3 is 2.23 bits per heavy atom. The van der Waals surface area contributed by atoms with Crippen molar-refractivity contribution in [1.29, 1.82) is 0 Å². The molecule has 0 unspecified atom stereocenters. The number of carbonyl (C=O) groups excluding carboxylic acids is 2. The van der Waals surface area contributed by atoms with Gasteiger partial charge >= 0.3 is 6.03 Å². The molecule has 0 aliphatic carbocycles. The smallest absolute Gasteiger partial charge is 0.317 e. The second-order valence-corrected chi connectivity index (χ2v) is 6.01. The maximum Gasteiger partial charge on any atom is 0.317 e. The van der Waals surface area contributed by atoms with Crippen molar-refractivity contribution in [2.75, 3.05) is 19.7 Å². The molecule has 0 aromatic heterocycles. The van der Waals surface area contributed by atoms with Crippen LogP contribution in [0.25, 0.3) is 11.1 Å². The summed E-state index contributed by atoms with van der Waals surface area (Å²) in [6, 6.07) is 16.5. The van der Waals surface area contributed by atoms with Gasteiger partial charge in [0.15, 0.2) is 0 Å². The predicted molar refractivity (Wildman–Crippen MR) is 97.2 cm³/mol. The number of carbonyl (C=O) groups is 2. The molecule has 0 fully saturated rings. The molecule has 0 saturated heterocycles. The van der Waals surface area contributed by atoms with Gasteiger partial charge in [0.1, 0.15) is 0 Å². The van der Waals surface area contributed by atoms with E-state index in [4.69, 9.17) is 5.11 Å². The van der Waals surface area contributed by atoms with E-state index in [2.05, 4.69) is 5.32 Å². The Hall–Kier alpha value is -2.86. The first-order chi connectivity index (χ1) is 12.5. The Labute approximate surface area is 153 Å². The lowest BCUT2D eigenvalue weighted by molar-refractivity contribution is -0.307.